The van der Waals surface area contributed by atoms with Gasteiger partial charge in [-0.25, -0.2) is 0 Å². The summed E-state index contributed by atoms with van der Waals surface area (Å²) >= 11 is 0. The molecule has 2 aromatic carbocycles. The second-order valence-corrected chi connectivity index (χ2v) is 7.23. The number of aryl methyl sites for hydroxylation is 4. The third-order valence-electron chi connectivity index (χ3n) is 4.84. The normalized spacial score (nSPS) is 10.4. The number of carbonyl (C=O) groups is 3. The summed E-state index contributed by atoms with van der Waals surface area (Å²) in [5, 5.41) is 5.64. The van der Waals surface area contributed by atoms with Gasteiger partial charge >= 0.3 is 5.97 Å². The summed E-state index contributed by atoms with van der Waals surface area (Å²) in [4.78, 5) is 36.2. The number of carbonyl (C=O) groups excluding carboxylic acids is 3. The smallest absolute Gasteiger partial charge is 0.306 e. The molecule has 6 nitrogen and oxygen atoms in total. The monoisotopic (exact) mass is 410 g/mol. The molecule has 2 aromatic rings. The van der Waals surface area contributed by atoms with E-state index in [1.807, 2.05) is 64.1 Å². The van der Waals surface area contributed by atoms with Gasteiger partial charge in [0, 0.05) is 17.8 Å². The van der Waals surface area contributed by atoms with Crippen molar-refractivity contribution >= 4 is 29.2 Å². The lowest BCUT2D eigenvalue weighted by Crippen LogP contribution is -2.23. The second-order valence-electron chi connectivity index (χ2n) is 7.23. The van der Waals surface area contributed by atoms with Crippen molar-refractivity contribution in [3.8, 4) is 0 Å². The molecule has 160 valence electrons. The first kappa shape index (κ1) is 23.1. The van der Waals surface area contributed by atoms with Crippen molar-refractivity contribution in [2.24, 2.45) is 0 Å². The lowest BCUT2D eigenvalue weighted by molar-refractivity contribution is -0.147. The van der Waals surface area contributed by atoms with E-state index >= 15 is 0 Å². The summed E-state index contributed by atoms with van der Waals surface area (Å²) in [6.45, 7) is 7.56. The fourth-order valence-electron chi connectivity index (χ4n) is 3.18. The van der Waals surface area contributed by atoms with Gasteiger partial charge in [-0.15, -0.1) is 0 Å². The quantitative estimate of drug-likeness (QED) is 0.603. The molecule has 0 saturated carbocycles. The third-order valence-corrected chi connectivity index (χ3v) is 4.84. The molecule has 0 saturated heterocycles. The summed E-state index contributed by atoms with van der Waals surface area (Å²) in [5.74, 6) is -1.24. The van der Waals surface area contributed by atoms with Gasteiger partial charge in [0.15, 0.2) is 6.61 Å². The van der Waals surface area contributed by atoms with Crippen LogP contribution in [0.3, 0.4) is 0 Å². The van der Waals surface area contributed by atoms with Crippen molar-refractivity contribution in [3.63, 3.8) is 0 Å². The minimum atomic E-state index is -0.583. The van der Waals surface area contributed by atoms with Gasteiger partial charge in [0.2, 0.25) is 5.91 Å². The number of rotatable bonds is 9. The van der Waals surface area contributed by atoms with E-state index < -0.39 is 11.9 Å². The maximum Gasteiger partial charge on any atom is 0.306 e. The lowest BCUT2D eigenvalue weighted by Gasteiger charge is -2.14. The SMILES string of the molecule is CCc1cccc(CC)c1NC(=O)COC(=O)CCC(=O)Nc1ccc(C)cc1C. The second kappa shape index (κ2) is 11.1. The molecule has 0 aliphatic rings. The molecule has 0 radical (unpaired) electrons. The average Bonchev–Trinajstić information content (AvgIpc) is 2.72. The lowest BCUT2D eigenvalue weighted by atomic mass is 10.0. The van der Waals surface area contributed by atoms with Crippen LogP contribution in [-0.4, -0.2) is 24.4 Å². The Morgan fingerprint density at radius 2 is 1.53 bits per heavy atom. The molecule has 0 heterocycles. The molecule has 0 atom stereocenters. The molecule has 0 spiro atoms. The van der Waals surface area contributed by atoms with E-state index in [9.17, 15) is 14.4 Å². The Bertz CT molecular complexity index is 899. The molecular formula is C24H30N2O4. The number of ether oxygens (including phenoxy) is 1. The Morgan fingerprint density at radius 3 is 2.13 bits per heavy atom. The van der Waals surface area contributed by atoms with E-state index in [0.29, 0.717) is 0 Å². The van der Waals surface area contributed by atoms with E-state index in [-0.39, 0.29) is 25.4 Å². The van der Waals surface area contributed by atoms with Gasteiger partial charge in [-0.2, -0.15) is 0 Å². The fraction of sp³-hybridized carbons (Fsp3) is 0.375. The predicted molar refractivity (Wildman–Crippen MR) is 119 cm³/mol. The molecular weight excluding hydrogens is 380 g/mol. The zero-order valence-corrected chi connectivity index (χ0v) is 18.1. The molecule has 0 aliphatic carbocycles. The Balaban J connectivity index is 1.79. The number of hydrogen-bond acceptors (Lipinski definition) is 4. The maximum absolute atomic E-state index is 12.2. The summed E-state index contributed by atoms with van der Waals surface area (Å²) in [7, 11) is 0. The number of anilines is 2. The van der Waals surface area contributed by atoms with Crippen molar-refractivity contribution in [1.29, 1.82) is 0 Å². The van der Waals surface area contributed by atoms with Crippen molar-refractivity contribution in [2.45, 2.75) is 53.4 Å². The van der Waals surface area contributed by atoms with Crippen molar-refractivity contribution in [3.05, 3.63) is 58.7 Å². The predicted octanol–water partition coefficient (Wildman–Crippen LogP) is 4.33. The molecule has 0 aliphatic heterocycles. The summed E-state index contributed by atoms with van der Waals surface area (Å²) in [5.41, 5.74) is 5.66. The molecule has 2 amide bonds. The van der Waals surface area contributed by atoms with Gasteiger partial charge in [-0.1, -0.05) is 49.7 Å². The van der Waals surface area contributed by atoms with Gasteiger partial charge in [-0.05, 0) is 49.4 Å². The molecule has 6 heteroatoms. The van der Waals surface area contributed by atoms with Crippen LogP contribution in [0.1, 0.15) is 48.9 Å². The van der Waals surface area contributed by atoms with Gasteiger partial charge < -0.3 is 15.4 Å². The minimum absolute atomic E-state index is 0.00752. The minimum Gasteiger partial charge on any atom is -0.456 e. The number of para-hydroxylation sites is 1. The number of esters is 1. The van der Waals surface area contributed by atoms with E-state index in [1.165, 1.54) is 0 Å². The van der Waals surface area contributed by atoms with Crippen LogP contribution in [-0.2, 0) is 32.0 Å². The van der Waals surface area contributed by atoms with Crippen LogP contribution in [0.25, 0.3) is 0 Å². The van der Waals surface area contributed by atoms with E-state index in [1.54, 1.807) is 0 Å². The van der Waals surface area contributed by atoms with Crippen LogP contribution in [0.2, 0.25) is 0 Å². The molecule has 2 N–H and O–H groups in total. The third kappa shape index (κ3) is 6.72. The van der Waals surface area contributed by atoms with Crippen LogP contribution in [0.15, 0.2) is 36.4 Å². The maximum atomic E-state index is 12.2. The Kier molecular flexibility index (Phi) is 8.59. The zero-order valence-electron chi connectivity index (χ0n) is 18.1. The first-order valence-electron chi connectivity index (χ1n) is 10.3. The Hall–Kier alpha value is -3.15. The van der Waals surface area contributed by atoms with Gasteiger partial charge in [-0.3, -0.25) is 14.4 Å². The highest BCUT2D eigenvalue weighted by Gasteiger charge is 2.14. The first-order chi connectivity index (χ1) is 14.3. The number of hydrogen-bond donors (Lipinski definition) is 2. The van der Waals surface area contributed by atoms with Crippen LogP contribution < -0.4 is 10.6 Å². The molecule has 0 aromatic heterocycles. The van der Waals surface area contributed by atoms with Crippen LogP contribution in [0.5, 0.6) is 0 Å². The molecule has 0 unspecified atom stereocenters. The van der Waals surface area contributed by atoms with Crippen LogP contribution >= 0.6 is 0 Å². The summed E-state index contributed by atoms with van der Waals surface area (Å²) < 4.78 is 5.03. The average molecular weight is 411 g/mol. The van der Waals surface area contributed by atoms with E-state index in [0.717, 1.165) is 46.5 Å². The topological polar surface area (TPSA) is 84.5 Å². The van der Waals surface area contributed by atoms with Crippen molar-refractivity contribution in [1.82, 2.24) is 0 Å². The molecule has 2 rings (SSSR count). The Morgan fingerprint density at radius 1 is 0.867 bits per heavy atom. The standard InChI is InChI=1S/C24H30N2O4/c1-5-18-8-7-9-19(6-2)24(18)26-22(28)15-30-23(29)13-12-21(27)25-20-11-10-16(3)14-17(20)4/h7-11,14H,5-6,12-13,15H2,1-4H3,(H,25,27)(H,26,28). The molecule has 0 bridgehead atoms. The largest absolute Gasteiger partial charge is 0.456 e. The van der Waals surface area contributed by atoms with Crippen molar-refractivity contribution in [2.75, 3.05) is 17.2 Å². The molecule has 0 fully saturated rings. The first-order valence-corrected chi connectivity index (χ1v) is 10.3. The van der Waals surface area contributed by atoms with Crippen molar-refractivity contribution < 1.29 is 19.1 Å². The summed E-state index contributed by atoms with van der Waals surface area (Å²) in [6.07, 6.45) is 1.49. The number of nitrogens with one attached hydrogen (secondary N) is 2. The highest BCUT2D eigenvalue weighted by molar-refractivity contribution is 5.95. The number of amides is 2. The van der Waals surface area contributed by atoms with Gasteiger partial charge in [0.25, 0.3) is 5.91 Å². The van der Waals surface area contributed by atoms with Crippen LogP contribution in [0.4, 0.5) is 11.4 Å². The number of benzene rings is 2. The van der Waals surface area contributed by atoms with Gasteiger partial charge in [0.1, 0.15) is 0 Å². The van der Waals surface area contributed by atoms with Gasteiger partial charge in [0.05, 0.1) is 6.42 Å². The van der Waals surface area contributed by atoms with E-state index in [2.05, 4.69) is 10.6 Å². The highest BCUT2D eigenvalue weighted by atomic mass is 16.5. The van der Waals surface area contributed by atoms with Crippen LogP contribution in [0, 0.1) is 13.8 Å². The molecule has 30 heavy (non-hydrogen) atoms. The van der Waals surface area contributed by atoms with E-state index in [4.69, 9.17) is 4.74 Å². The highest BCUT2D eigenvalue weighted by Crippen LogP contribution is 2.22. The fourth-order valence-corrected chi connectivity index (χ4v) is 3.18. The zero-order chi connectivity index (χ0) is 22.1. The Labute approximate surface area is 178 Å². The summed E-state index contributed by atoms with van der Waals surface area (Å²) in [6, 6.07) is 11.6.